The van der Waals surface area contributed by atoms with Crippen LogP contribution in [0.1, 0.15) is 6.42 Å². The molecule has 1 aliphatic heterocycles. The summed E-state index contributed by atoms with van der Waals surface area (Å²) in [6.07, 6.45) is 0.329. The van der Waals surface area contributed by atoms with E-state index in [0.29, 0.717) is 13.2 Å². The van der Waals surface area contributed by atoms with Gasteiger partial charge in [-0.2, -0.15) is 0 Å². The molecule has 0 aromatic carbocycles. The fourth-order valence-electron chi connectivity index (χ4n) is 1.13. The first-order valence-corrected chi connectivity index (χ1v) is 3.61. The van der Waals surface area contributed by atoms with Gasteiger partial charge in [-0.05, 0) is 12.0 Å². The molecule has 0 saturated carbocycles. The monoisotopic (exact) mass is 157 g/mol. The number of ether oxygens (including phenoxy) is 1. The van der Waals surface area contributed by atoms with Crippen molar-refractivity contribution < 1.29 is 9.84 Å². The number of aliphatic hydroxyl groups excluding tert-OH is 1. The second-order valence-electron chi connectivity index (χ2n) is 2.60. The normalized spacial score (nSPS) is 26.1. The number of aliphatic hydroxyl groups is 1. The molecule has 0 radical (unpaired) electrons. The molecule has 0 aromatic heterocycles. The Labute approximate surface area is 64.6 Å². The maximum atomic E-state index is 9.34. The maximum Gasteiger partial charge on any atom is 0.0647 e. The van der Waals surface area contributed by atoms with E-state index in [4.69, 9.17) is 10.3 Å². The minimum absolute atomic E-state index is 0.153. The van der Waals surface area contributed by atoms with Gasteiger partial charge in [0.1, 0.15) is 0 Å². The van der Waals surface area contributed by atoms with Crippen LogP contribution >= 0.6 is 0 Å². The Morgan fingerprint density at radius 1 is 1.82 bits per heavy atom. The maximum absolute atomic E-state index is 9.34. The van der Waals surface area contributed by atoms with E-state index in [1.807, 2.05) is 0 Å². The van der Waals surface area contributed by atoms with E-state index in [2.05, 4.69) is 10.0 Å². The molecule has 1 N–H and O–H groups in total. The second-order valence-corrected chi connectivity index (χ2v) is 2.60. The van der Waals surface area contributed by atoms with E-state index >= 15 is 0 Å². The highest BCUT2D eigenvalue weighted by atomic mass is 16.5. The van der Waals surface area contributed by atoms with Gasteiger partial charge in [-0.1, -0.05) is 5.11 Å². The molecule has 2 atom stereocenters. The van der Waals surface area contributed by atoms with E-state index in [9.17, 15) is 5.11 Å². The van der Waals surface area contributed by atoms with Crippen LogP contribution in [0.15, 0.2) is 5.11 Å². The first-order chi connectivity index (χ1) is 5.34. The summed E-state index contributed by atoms with van der Waals surface area (Å²) in [6.45, 7) is 1.45. The molecule has 11 heavy (non-hydrogen) atoms. The number of hydrogen-bond donors (Lipinski definition) is 1. The molecule has 1 saturated heterocycles. The van der Waals surface area contributed by atoms with Crippen LogP contribution in [0.25, 0.3) is 10.4 Å². The molecule has 5 heteroatoms. The Balaban J connectivity index is 2.27. The SMILES string of the molecule is [N-]=[N+]=NC[C@H](O)C1CCOC1. The Hall–Kier alpha value is -0.770. The fraction of sp³-hybridized carbons (Fsp3) is 1.00. The van der Waals surface area contributed by atoms with Gasteiger partial charge in [-0.25, -0.2) is 0 Å². The summed E-state index contributed by atoms with van der Waals surface area (Å²) in [5.74, 6) is 0.153. The van der Waals surface area contributed by atoms with E-state index < -0.39 is 6.10 Å². The zero-order valence-electron chi connectivity index (χ0n) is 6.18. The number of nitrogens with zero attached hydrogens (tertiary/aromatic N) is 3. The first kappa shape index (κ1) is 8.33. The summed E-state index contributed by atoms with van der Waals surface area (Å²) in [5.41, 5.74) is 7.97. The Morgan fingerprint density at radius 3 is 3.18 bits per heavy atom. The number of azide groups is 1. The van der Waals surface area contributed by atoms with Crippen LogP contribution in [0.3, 0.4) is 0 Å². The van der Waals surface area contributed by atoms with Gasteiger partial charge in [0, 0.05) is 17.4 Å². The summed E-state index contributed by atoms with van der Waals surface area (Å²) in [6, 6.07) is 0. The van der Waals surface area contributed by atoms with E-state index in [0.717, 1.165) is 6.42 Å². The lowest BCUT2D eigenvalue weighted by atomic mass is 10.0. The van der Waals surface area contributed by atoms with Crippen molar-refractivity contribution in [3.8, 4) is 0 Å². The van der Waals surface area contributed by atoms with Crippen molar-refractivity contribution in [2.75, 3.05) is 19.8 Å². The van der Waals surface area contributed by atoms with Gasteiger partial charge >= 0.3 is 0 Å². The molecule has 0 amide bonds. The average molecular weight is 157 g/mol. The zero-order chi connectivity index (χ0) is 8.10. The molecule has 1 fully saturated rings. The lowest BCUT2D eigenvalue weighted by molar-refractivity contribution is 0.0979. The van der Waals surface area contributed by atoms with Gasteiger partial charge in [-0.15, -0.1) is 0 Å². The fourth-order valence-corrected chi connectivity index (χ4v) is 1.13. The van der Waals surface area contributed by atoms with Crippen LogP contribution in [0.2, 0.25) is 0 Å². The van der Waals surface area contributed by atoms with Crippen LogP contribution in [-0.2, 0) is 4.74 Å². The zero-order valence-corrected chi connectivity index (χ0v) is 6.18. The van der Waals surface area contributed by atoms with Gasteiger partial charge in [0.2, 0.25) is 0 Å². The largest absolute Gasteiger partial charge is 0.393 e. The second kappa shape index (κ2) is 4.18. The highest BCUT2D eigenvalue weighted by molar-refractivity contribution is 4.74. The van der Waals surface area contributed by atoms with Crippen molar-refractivity contribution in [2.45, 2.75) is 12.5 Å². The van der Waals surface area contributed by atoms with Crippen molar-refractivity contribution in [3.63, 3.8) is 0 Å². The van der Waals surface area contributed by atoms with Gasteiger partial charge in [0.15, 0.2) is 0 Å². The van der Waals surface area contributed by atoms with Crippen LogP contribution in [-0.4, -0.2) is 31.0 Å². The lowest BCUT2D eigenvalue weighted by Gasteiger charge is -2.12. The molecule has 0 spiro atoms. The lowest BCUT2D eigenvalue weighted by Crippen LogP contribution is -2.23. The predicted molar refractivity (Wildman–Crippen MR) is 38.9 cm³/mol. The molecule has 62 valence electrons. The third-order valence-electron chi connectivity index (χ3n) is 1.84. The van der Waals surface area contributed by atoms with Crippen molar-refractivity contribution in [2.24, 2.45) is 11.0 Å². The minimum atomic E-state index is -0.534. The summed E-state index contributed by atoms with van der Waals surface area (Å²) in [5, 5.41) is 12.6. The summed E-state index contributed by atoms with van der Waals surface area (Å²) in [4.78, 5) is 2.57. The van der Waals surface area contributed by atoms with Crippen molar-refractivity contribution in [3.05, 3.63) is 10.4 Å². The van der Waals surface area contributed by atoms with Crippen LogP contribution in [0.5, 0.6) is 0 Å². The average Bonchev–Trinajstić information content (AvgIpc) is 2.52. The predicted octanol–water partition coefficient (Wildman–Crippen LogP) is 0.694. The van der Waals surface area contributed by atoms with Crippen LogP contribution in [0, 0.1) is 5.92 Å². The number of hydrogen-bond acceptors (Lipinski definition) is 3. The molecule has 0 aromatic rings. The molecule has 0 aliphatic carbocycles. The van der Waals surface area contributed by atoms with E-state index in [1.165, 1.54) is 0 Å². The minimum Gasteiger partial charge on any atom is -0.393 e. The third-order valence-corrected chi connectivity index (χ3v) is 1.84. The Kier molecular flexibility index (Phi) is 3.16. The van der Waals surface area contributed by atoms with E-state index in [-0.39, 0.29) is 12.5 Å². The molecule has 1 unspecified atom stereocenters. The van der Waals surface area contributed by atoms with Crippen molar-refractivity contribution in [1.29, 1.82) is 0 Å². The molecule has 1 aliphatic rings. The standard InChI is InChI=1S/C6H11N3O2/c7-9-8-3-6(10)5-1-2-11-4-5/h5-6,10H,1-4H2/t5?,6-/m0/s1. The quantitative estimate of drug-likeness (QED) is 0.371. The first-order valence-electron chi connectivity index (χ1n) is 3.61. The molecule has 5 nitrogen and oxygen atoms in total. The summed E-state index contributed by atoms with van der Waals surface area (Å²) >= 11 is 0. The highest BCUT2D eigenvalue weighted by Gasteiger charge is 2.22. The molecule has 0 bridgehead atoms. The van der Waals surface area contributed by atoms with Crippen LogP contribution in [0.4, 0.5) is 0 Å². The highest BCUT2D eigenvalue weighted by Crippen LogP contribution is 2.16. The van der Waals surface area contributed by atoms with Crippen LogP contribution < -0.4 is 0 Å². The van der Waals surface area contributed by atoms with Gasteiger partial charge in [0.25, 0.3) is 0 Å². The molecular weight excluding hydrogens is 146 g/mol. The smallest absolute Gasteiger partial charge is 0.0647 e. The number of rotatable bonds is 3. The summed E-state index contributed by atoms with van der Waals surface area (Å²) < 4.78 is 5.06. The van der Waals surface area contributed by atoms with Crippen molar-refractivity contribution in [1.82, 2.24) is 0 Å². The third kappa shape index (κ3) is 2.38. The van der Waals surface area contributed by atoms with Gasteiger partial charge in [0.05, 0.1) is 19.3 Å². The van der Waals surface area contributed by atoms with Gasteiger partial charge in [-0.3, -0.25) is 0 Å². The van der Waals surface area contributed by atoms with E-state index in [1.54, 1.807) is 0 Å². The Morgan fingerprint density at radius 2 is 2.64 bits per heavy atom. The molecule has 1 rings (SSSR count). The Bertz CT molecular complexity index is 161. The molecular formula is C6H11N3O2. The summed E-state index contributed by atoms with van der Waals surface area (Å²) in [7, 11) is 0. The van der Waals surface area contributed by atoms with Gasteiger partial charge < -0.3 is 9.84 Å². The topological polar surface area (TPSA) is 78.2 Å². The van der Waals surface area contributed by atoms with Crippen molar-refractivity contribution >= 4 is 0 Å². The molecule has 1 heterocycles.